The first kappa shape index (κ1) is 14.3. The number of anilines is 1. The van der Waals surface area contributed by atoms with Crippen LogP contribution in [0.2, 0.25) is 5.02 Å². The zero-order chi connectivity index (χ0) is 14.7. The summed E-state index contributed by atoms with van der Waals surface area (Å²) in [5, 5.41) is 14.8. The minimum absolute atomic E-state index is 0.122. The van der Waals surface area contributed by atoms with Gasteiger partial charge in [0.15, 0.2) is 0 Å². The number of rotatable bonds is 4. The molecule has 4 nitrogen and oxygen atoms in total. The molecule has 2 aromatic rings. The molecule has 0 heterocycles. The first-order chi connectivity index (χ1) is 9.47. The van der Waals surface area contributed by atoms with Crippen molar-refractivity contribution in [1.82, 2.24) is 0 Å². The minimum atomic E-state index is -0.372. The second-order valence-electron chi connectivity index (χ2n) is 4.70. The van der Waals surface area contributed by atoms with E-state index in [0.717, 1.165) is 21.8 Å². The Labute approximate surface area is 122 Å². The van der Waals surface area contributed by atoms with Crippen LogP contribution in [0.15, 0.2) is 36.4 Å². The predicted molar refractivity (Wildman–Crippen MR) is 81.3 cm³/mol. The third-order valence-electron chi connectivity index (χ3n) is 3.14. The van der Waals surface area contributed by atoms with E-state index in [1.807, 2.05) is 31.2 Å². The summed E-state index contributed by atoms with van der Waals surface area (Å²) in [6.07, 6.45) is 0. The molecule has 5 heteroatoms. The van der Waals surface area contributed by atoms with E-state index in [1.54, 1.807) is 19.1 Å². The van der Waals surface area contributed by atoms with Gasteiger partial charge in [-0.15, -0.1) is 0 Å². The second-order valence-corrected chi connectivity index (χ2v) is 5.10. The lowest BCUT2D eigenvalue weighted by molar-refractivity contribution is -0.385. The first-order valence-corrected chi connectivity index (χ1v) is 6.59. The van der Waals surface area contributed by atoms with Gasteiger partial charge in [0.2, 0.25) is 0 Å². The van der Waals surface area contributed by atoms with Crippen molar-refractivity contribution in [3.63, 3.8) is 0 Å². The van der Waals surface area contributed by atoms with Crippen molar-refractivity contribution in [3.05, 3.63) is 68.2 Å². The Kier molecular flexibility index (Phi) is 4.25. The van der Waals surface area contributed by atoms with Gasteiger partial charge in [-0.2, -0.15) is 0 Å². The highest BCUT2D eigenvalue weighted by molar-refractivity contribution is 6.31. The largest absolute Gasteiger partial charge is 0.381 e. The number of nitro groups is 1. The molecule has 0 amide bonds. The molecule has 0 bridgehead atoms. The average molecular weight is 291 g/mol. The van der Waals surface area contributed by atoms with Crippen LogP contribution in [0.5, 0.6) is 0 Å². The average Bonchev–Trinajstić information content (AvgIpc) is 2.41. The Morgan fingerprint density at radius 3 is 2.50 bits per heavy atom. The van der Waals surface area contributed by atoms with E-state index in [0.29, 0.717) is 12.1 Å². The SMILES string of the molecule is Cc1ccc(CNc2ccc(C)c([N+](=O)[O-])c2)cc1Cl. The maximum absolute atomic E-state index is 10.9. The van der Waals surface area contributed by atoms with E-state index >= 15 is 0 Å². The summed E-state index contributed by atoms with van der Waals surface area (Å²) in [5.74, 6) is 0. The lowest BCUT2D eigenvalue weighted by atomic mass is 10.1. The van der Waals surface area contributed by atoms with Gasteiger partial charge >= 0.3 is 0 Å². The fourth-order valence-corrected chi connectivity index (χ4v) is 2.07. The zero-order valence-electron chi connectivity index (χ0n) is 11.3. The topological polar surface area (TPSA) is 55.2 Å². The minimum Gasteiger partial charge on any atom is -0.381 e. The molecule has 0 aromatic heterocycles. The highest BCUT2D eigenvalue weighted by Gasteiger charge is 2.10. The van der Waals surface area contributed by atoms with Crippen LogP contribution >= 0.6 is 11.6 Å². The molecule has 20 heavy (non-hydrogen) atoms. The summed E-state index contributed by atoms with van der Waals surface area (Å²) in [6.45, 7) is 4.24. The quantitative estimate of drug-likeness (QED) is 0.667. The highest BCUT2D eigenvalue weighted by Crippen LogP contribution is 2.23. The highest BCUT2D eigenvalue weighted by atomic mass is 35.5. The summed E-state index contributed by atoms with van der Waals surface area (Å²) >= 11 is 6.07. The van der Waals surface area contributed by atoms with Gasteiger partial charge in [-0.1, -0.05) is 29.8 Å². The molecule has 0 aliphatic rings. The smallest absolute Gasteiger partial charge is 0.274 e. The van der Waals surface area contributed by atoms with E-state index in [9.17, 15) is 10.1 Å². The van der Waals surface area contributed by atoms with Gasteiger partial charge in [-0.25, -0.2) is 0 Å². The molecule has 0 spiro atoms. The Morgan fingerprint density at radius 1 is 1.15 bits per heavy atom. The lowest BCUT2D eigenvalue weighted by Crippen LogP contribution is -2.01. The summed E-state index contributed by atoms with van der Waals surface area (Å²) in [4.78, 5) is 10.5. The number of hydrogen-bond donors (Lipinski definition) is 1. The lowest BCUT2D eigenvalue weighted by Gasteiger charge is -2.08. The zero-order valence-corrected chi connectivity index (χ0v) is 12.1. The summed E-state index contributed by atoms with van der Waals surface area (Å²) in [7, 11) is 0. The van der Waals surface area contributed by atoms with E-state index in [4.69, 9.17) is 11.6 Å². The third-order valence-corrected chi connectivity index (χ3v) is 3.55. The molecular formula is C15H15ClN2O2. The van der Waals surface area contributed by atoms with E-state index in [-0.39, 0.29) is 10.6 Å². The first-order valence-electron chi connectivity index (χ1n) is 6.21. The van der Waals surface area contributed by atoms with Crippen LogP contribution < -0.4 is 5.32 Å². The third kappa shape index (κ3) is 3.27. The summed E-state index contributed by atoms with van der Waals surface area (Å²) in [5.41, 5.74) is 3.56. The van der Waals surface area contributed by atoms with Crippen molar-refractivity contribution >= 4 is 23.0 Å². The van der Waals surface area contributed by atoms with Gasteiger partial charge in [0.1, 0.15) is 0 Å². The molecule has 104 valence electrons. The molecule has 1 N–H and O–H groups in total. The number of benzene rings is 2. The number of hydrogen-bond acceptors (Lipinski definition) is 3. The molecular weight excluding hydrogens is 276 g/mol. The van der Waals surface area contributed by atoms with Crippen molar-refractivity contribution in [3.8, 4) is 0 Å². The second kappa shape index (κ2) is 5.92. The fraction of sp³-hybridized carbons (Fsp3) is 0.200. The Hall–Kier alpha value is -2.07. The van der Waals surface area contributed by atoms with Gasteiger partial charge < -0.3 is 5.32 Å². The molecule has 0 fully saturated rings. The molecule has 2 rings (SSSR count). The van der Waals surface area contributed by atoms with Gasteiger partial charge in [0, 0.05) is 28.9 Å². The van der Waals surface area contributed by atoms with Crippen molar-refractivity contribution in [1.29, 1.82) is 0 Å². The van der Waals surface area contributed by atoms with Crippen LogP contribution in [0.25, 0.3) is 0 Å². The molecule has 0 aliphatic heterocycles. The van der Waals surface area contributed by atoms with Crippen molar-refractivity contribution < 1.29 is 4.92 Å². The molecule has 2 aromatic carbocycles. The van der Waals surface area contributed by atoms with Gasteiger partial charge in [-0.05, 0) is 37.1 Å². The molecule has 0 saturated carbocycles. The van der Waals surface area contributed by atoms with Crippen LogP contribution in [-0.4, -0.2) is 4.92 Å². The number of aryl methyl sites for hydroxylation is 2. The molecule has 0 radical (unpaired) electrons. The van der Waals surface area contributed by atoms with Gasteiger partial charge in [0.05, 0.1) is 4.92 Å². The monoisotopic (exact) mass is 290 g/mol. The van der Waals surface area contributed by atoms with E-state index < -0.39 is 0 Å². The Bertz CT molecular complexity index is 656. The standard InChI is InChI=1S/C15H15ClN2O2/c1-10-3-5-12(7-14(10)16)9-17-13-6-4-11(2)15(8-13)18(19)20/h3-8,17H,9H2,1-2H3. The maximum atomic E-state index is 10.9. The van der Waals surface area contributed by atoms with Crippen molar-refractivity contribution in [2.45, 2.75) is 20.4 Å². The molecule has 0 unspecified atom stereocenters. The molecule has 0 saturated heterocycles. The molecule has 0 atom stereocenters. The van der Waals surface area contributed by atoms with E-state index in [1.165, 1.54) is 0 Å². The number of halogens is 1. The summed E-state index contributed by atoms with van der Waals surface area (Å²) in [6, 6.07) is 11.0. The fourth-order valence-electron chi connectivity index (χ4n) is 1.87. The summed E-state index contributed by atoms with van der Waals surface area (Å²) < 4.78 is 0. The maximum Gasteiger partial charge on any atom is 0.274 e. The number of nitro benzene ring substituents is 1. The van der Waals surface area contributed by atoms with Crippen LogP contribution in [0.3, 0.4) is 0 Å². The van der Waals surface area contributed by atoms with Gasteiger partial charge in [0.25, 0.3) is 5.69 Å². The number of nitrogens with zero attached hydrogens (tertiary/aromatic N) is 1. The van der Waals surface area contributed by atoms with Crippen LogP contribution in [0.1, 0.15) is 16.7 Å². The van der Waals surface area contributed by atoms with Crippen LogP contribution in [0, 0.1) is 24.0 Å². The Morgan fingerprint density at radius 2 is 1.85 bits per heavy atom. The van der Waals surface area contributed by atoms with Gasteiger partial charge in [-0.3, -0.25) is 10.1 Å². The normalized spacial score (nSPS) is 10.3. The van der Waals surface area contributed by atoms with Crippen molar-refractivity contribution in [2.75, 3.05) is 5.32 Å². The number of nitrogens with one attached hydrogen (secondary N) is 1. The van der Waals surface area contributed by atoms with Crippen LogP contribution in [-0.2, 0) is 6.54 Å². The van der Waals surface area contributed by atoms with Crippen LogP contribution in [0.4, 0.5) is 11.4 Å². The van der Waals surface area contributed by atoms with E-state index in [2.05, 4.69) is 5.32 Å². The Balaban J connectivity index is 2.12. The predicted octanol–water partition coefficient (Wildman–Crippen LogP) is 4.48. The molecule has 0 aliphatic carbocycles. The van der Waals surface area contributed by atoms with Crippen molar-refractivity contribution in [2.24, 2.45) is 0 Å².